The Morgan fingerprint density at radius 1 is 1.00 bits per heavy atom. The molecule has 1 amide bonds. The summed E-state index contributed by atoms with van der Waals surface area (Å²) in [5.41, 5.74) is 1.68. The lowest BCUT2D eigenvalue weighted by atomic mass is 9.94. The number of nitrogens with zero attached hydrogens (tertiary/aromatic N) is 1. The van der Waals surface area contributed by atoms with E-state index in [1.54, 1.807) is 37.3 Å². The van der Waals surface area contributed by atoms with Gasteiger partial charge in [-0.1, -0.05) is 35.3 Å². The van der Waals surface area contributed by atoms with Crippen molar-refractivity contribution in [1.29, 1.82) is 0 Å². The van der Waals surface area contributed by atoms with Gasteiger partial charge in [0.25, 0.3) is 11.7 Å². The molecule has 2 N–H and O–H groups in total. The van der Waals surface area contributed by atoms with Crippen LogP contribution >= 0.6 is 23.2 Å². The molecule has 6 nitrogen and oxygen atoms in total. The van der Waals surface area contributed by atoms with Crippen LogP contribution in [0.1, 0.15) is 22.7 Å². The number of halogens is 2. The number of amides is 1. The topological polar surface area (TPSA) is 87.1 Å². The number of ketones is 1. The zero-order valence-corrected chi connectivity index (χ0v) is 19.2. The molecule has 4 rings (SSSR count). The van der Waals surface area contributed by atoms with Crippen molar-refractivity contribution in [3.63, 3.8) is 0 Å². The van der Waals surface area contributed by atoms with Gasteiger partial charge in [0.05, 0.1) is 18.7 Å². The minimum absolute atomic E-state index is 0.0532. The maximum Gasteiger partial charge on any atom is 0.300 e. The molecule has 1 saturated heterocycles. The number of anilines is 1. The van der Waals surface area contributed by atoms with Crippen molar-refractivity contribution in [3.8, 4) is 11.5 Å². The number of carbonyl (C=O) groups is 2. The number of carbonyl (C=O) groups excluding carboxylic acids is 2. The average Bonchev–Trinajstić information content (AvgIpc) is 3.03. The third-order valence-corrected chi connectivity index (χ3v) is 5.86. The summed E-state index contributed by atoms with van der Waals surface area (Å²) in [5, 5.41) is 21.8. The van der Waals surface area contributed by atoms with Crippen molar-refractivity contribution in [2.75, 3.05) is 12.0 Å². The van der Waals surface area contributed by atoms with Gasteiger partial charge in [0, 0.05) is 21.3 Å². The van der Waals surface area contributed by atoms with Gasteiger partial charge in [-0.2, -0.15) is 0 Å². The lowest BCUT2D eigenvalue weighted by Gasteiger charge is -2.26. The molecule has 1 fully saturated rings. The molecule has 1 unspecified atom stereocenters. The number of aromatic hydroxyl groups is 1. The van der Waals surface area contributed by atoms with Crippen LogP contribution in [0.5, 0.6) is 11.5 Å². The molecule has 0 bridgehead atoms. The van der Waals surface area contributed by atoms with Crippen molar-refractivity contribution >= 4 is 46.3 Å². The Morgan fingerprint density at radius 3 is 2.30 bits per heavy atom. The lowest BCUT2D eigenvalue weighted by molar-refractivity contribution is -0.132. The molecule has 8 heteroatoms. The zero-order valence-electron chi connectivity index (χ0n) is 17.7. The van der Waals surface area contributed by atoms with Gasteiger partial charge in [-0.25, -0.2) is 0 Å². The maximum atomic E-state index is 13.2. The predicted octanol–water partition coefficient (Wildman–Crippen LogP) is 5.64. The normalized spacial score (nSPS) is 17.5. The molecule has 1 aliphatic heterocycles. The quantitative estimate of drug-likeness (QED) is 0.284. The first-order chi connectivity index (χ1) is 15.7. The van der Waals surface area contributed by atoms with E-state index in [2.05, 4.69) is 0 Å². The number of phenols is 1. The zero-order chi connectivity index (χ0) is 23.9. The maximum absolute atomic E-state index is 13.2. The number of methoxy groups -OCH3 is 1. The second-order valence-corrected chi connectivity index (χ2v) is 8.45. The fraction of sp³-hybridized carbons (Fsp3) is 0.120. The van der Waals surface area contributed by atoms with Crippen LogP contribution in [0.3, 0.4) is 0 Å². The highest BCUT2D eigenvalue weighted by Gasteiger charge is 2.47. The summed E-state index contributed by atoms with van der Waals surface area (Å²) >= 11 is 12.3. The van der Waals surface area contributed by atoms with E-state index in [0.29, 0.717) is 16.9 Å². The summed E-state index contributed by atoms with van der Waals surface area (Å²) in [7, 11) is 1.53. The number of hydrogen-bond donors (Lipinski definition) is 2. The third kappa shape index (κ3) is 4.15. The van der Waals surface area contributed by atoms with Crippen LogP contribution in [0.2, 0.25) is 10.0 Å². The molecule has 3 aromatic rings. The van der Waals surface area contributed by atoms with Crippen molar-refractivity contribution in [2.24, 2.45) is 0 Å². The minimum atomic E-state index is -1.02. The van der Waals surface area contributed by atoms with Gasteiger partial charge < -0.3 is 14.9 Å². The fourth-order valence-electron chi connectivity index (χ4n) is 3.97. The highest BCUT2D eigenvalue weighted by Crippen LogP contribution is 2.44. The number of rotatable bonds is 4. The van der Waals surface area contributed by atoms with Gasteiger partial charge in [0.15, 0.2) is 0 Å². The third-order valence-electron chi connectivity index (χ3n) is 5.42. The van der Waals surface area contributed by atoms with Crippen LogP contribution in [-0.4, -0.2) is 29.0 Å². The van der Waals surface area contributed by atoms with E-state index in [0.717, 1.165) is 5.56 Å². The smallest absolute Gasteiger partial charge is 0.300 e. The molecule has 0 saturated carbocycles. The first-order valence-electron chi connectivity index (χ1n) is 9.92. The number of benzene rings is 3. The van der Waals surface area contributed by atoms with Gasteiger partial charge in [-0.3, -0.25) is 14.5 Å². The monoisotopic (exact) mass is 483 g/mol. The van der Waals surface area contributed by atoms with Crippen LogP contribution in [0, 0.1) is 6.92 Å². The molecule has 33 heavy (non-hydrogen) atoms. The van der Waals surface area contributed by atoms with Gasteiger partial charge in [0.1, 0.15) is 17.3 Å². The van der Waals surface area contributed by atoms with E-state index in [1.807, 2.05) is 0 Å². The highest BCUT2D eigenvalue weighted by atomic mass is 35.5. The fourth-order valence-corrected chi connectivity index (χ4v) is 4.48. The molecule has 3 aromatic carbocycles. The summed E-state index contributed by atoms with van der Waals surface area (Å²) in [6, 6.07) is 14.6. The first kappa shape index (κ1) is 22.7. The summed E-state index contributed by atoms with van der Waals surface area (Å²) in [5.74, 6) is -1.51. The average molecular weight is 484 g/mol. The first-order valence-corrected chi connectivity index (χ1v) is 10.7. The SMILES string of the molecule is COc1ccc(/C(O)=C2\C(=O)C(=O)N(c3cc(Cl)cc(Cl)c3)C2c2cccc(O)c2)cc1C. The number of aliphatic hydroxyl groups is 1. The Bertz CT molecular complexity index is 1300. The number of aryl methyl sites for hydroxylation is 1. The minimum Gasteiger partial charge on any atom is -0.508 e. The van der Waals surface area contributed by atoms with Crippen LogP contribution in [0.15, 0.2) is 66.2 Å². The van der Waals surface area contributed by atoms with Crippen LogP contribution in [-0.2, 0) is 9.59 Å². The standard InChI is InChI=1S/C25H19Cl2NO5/c1-13-8-15(6-7-20(13)33-2)23(30)21-22(14-4-3-5-19(29)9-14)28(25(32)24(21)31)18-11-16(26)10-17(27)12-18/h3-12,22,29-30H,1-2H3/b23-21+. The molecule has 1 aliphatic rings. The second-order valence-electron chi connectivity index (χ2n) is 7.58. The van der Waals surface area contributed by atoms with Crippen molar-refractivity contribution in [3.05, 3.63) is 93.0 Å². The summed E-state index contributed by atoms with van der Waals surface area (Å²) < 4.78 is 5.26. The van der Waals surface area contributed by atoms with Crippen LogP contribution < -0.4 is 9.64 Å². The second kappa shape index (κ2) is 8.81. The van der Waals surface area contributed by atoms with E-state index in [1.165, 1.54) is 42.3 Å². The number of aliphatic hydroxyl groups excluding tert-OH is 1. The van der Waals surface area contributed by atoms with Gasteiger partial charge in [0.2, 0.25) is 0 Å². The number of Topliss-reactive ketones (excluding diaryl/α,β-unsaturated/α-hetero) is 1. The van der Waals surface area contributed by atoms with E-state index < -0.39 is 17.7 Å². The van der Waals surface area contributed by atoms with Crippen LogP contribution in [0.4, 0.5) is 5.69 Å². The molecular weight excluding hydrogens is 465 g/mol. The number of hydrogen-bond acceptors (Lipinski definition) is 5. The van der Waals surface area contributed by atoms with E-state index in [9.17, 15) is 19.8 Å². The molecular formula is C25H19Cl2NO5. The molecule has 0 spiro atoms. The molecule has 168 valence electrons. The Kier molecular flexibility index (Phi) is 6.06. The summed E-state index contributed by atoms with van der Waals surface area (Å²) in [6.45, 7) is 1.80. The summed E-state index contributed by atoms with van der Waals surface area (Å²) in [4.78, 5) is 27.6. The predicted molar refractivity (Wildman–Crippen MR) is 127 cm³/mol. The Labute approximate surface area is 200 Å². The number of ether oxygens (including phenoxy) is 1. The molecule has 0 aromatic heterocycles. The Morgan fingerprint density at radius 2 is 1.70 bits per heavy atom. The van der Waals surface area contributed by atoms with Crippen molar-refractivity contribution in [2.45, 2.75) is 13.0 Å². The van der Waals surface area contributed by atoms with E-state index >= 15 is 0 Å². The summed E-state index contributed by atoms with van der Waals surface area (Å²) in [6.07, 6.45) is 0. The van der Waals surface area contributed by atoms with E-state index in [4.69, 9.17) is 27.9 Å². The van der Waals surface area contributed by atoms with Crippen molar-refractivity contribution < 1.29 is 24.5 Å². The van der Waals surface area contributed by atoms with Gasteiger partial charge in [-0.05, 0) is 66.6 Å². The highest BCUT2D eigenvalue weighted by molar-refractivity contribution is 6.52. The Hall–Kier alpha value is -3.48. The van der Waals surface area contributed by atoms with Gasteiger partial charge in [-0.15, -0.1) is 0 Å². The number of phenolic OH excluding ortho intramolecular Hbond substituents is 1. The van der Waals surface area contributed by atoms with Gasteiger partial charge >= 0.3 is 0 Å². The molecule has 1 heterocycles. The molecule has 1 atom stereocenters. The molecule has 0 aliphatic carbocycles. The largest absolute Gasteiger partial charge is 0.508 e. The van der Waals surface area contributed by atoms with E-state index in [-0.39, 0.29) is 32.8 Å². The lowest BCUT2D eigenvalue weighted by Crippen LogP contribution is -2.29. The molecule has 0 radical (unpaired) electrons. The van der Waals surface area contributed by atoms with Crippen molar-refractivity contribution in [1.82, 2.24) is 0 Å². The van der Waals surface area contributed by atoms with Crippen LogP contribution in [0.25, 0.3) is 5.76 Å². The Balaban J connectivity index is 1.97.